The van der Waals surface area contributed by atoms with E-state index in [9.17, 15) is 26.7 Å². The molecular formula is C12H9F5N2O2. The van der Waals surface area contributed by atoms with Crippen LogP contribution in [-0.4, -0.2) is 18.9 Å². The second kappa shape index (κ2) is 6.88. The highest BCUT2D eigenvalue weighted by Gasteiger charge is 2.31. The summed E-state index contributed by atoms with van der Waals surface area (Å²) in [5, 5.41) is 10.3. The summed E-state index contributed by atoms with van der Waals surface area (Å²) in [5.41, 5.74) is -1.51. The van der Waals surface area contributed by atoms with Crippen LogP contribution in [0.1, 0.15) is 12.0 Å². The van der Waals surface area contributed by atoms with Gasteiger partial charge in [-0.1, -0.05) is 0 Å². The third-order valence-electron chi connectivity index (χ3n) is 2.19. The van der Waals surface area contributed by atoms with E-state index in [4.69, 9.17) is 5.26 Å². The van der Waals surface area contributed by atoms with E-state index in [1.807, 2.05) is 5.32 Å². The molecule has 1 rings (SSSR count). The van der Waals surface area contributed by atoms with Gasteiger partial charge in [0.15, 0.2) is 0 Å². The van der Waals surface area contributed by atoms with Gasteiger partial charge >= 0.3 is 6.18 Å². The number of alkyl halides is 5. The van der Waals surface area contributed by atoms with Crippen molar-refractivity contribution in [3.63, 3.8) is 0 Å². The number of anilines is 1. The number of nitrogens with one attached hydrogen (secondary N) is 1. The Morgan fingerprint density at radius 2 is 2.05 bits per heavy atom. The maximum atomic E-state index is 12.6. The summed E-state index contributed by atoms with van der Waals surface area (Å²) in [6.45, 7) is -1.04. The molecular weight excluding hydrogens is 299 g/mol. The molecule has 1 aromatic rings. The van der Waals surface area contributed by atoms with Crippen molar-refractivity contribution in [3.05, 3.63) is 23.8 Å². The monoisotopic (exact) mass is 308 g/mol. The Morgan fingerprint density at radius 1 is 1.38 bits per heavy atom. The number of halogens is 5. The standard InChI is InChI=1S/C12H9F5N2O2/c13-10(14)6-21-9-2-1-7(12(15,16)17)5-8(9)19-11(20)3-4-18/h1-2,5,10H,3,6H2,(H,19,20). The molecule has 0 heterocycles. The van der Waals surface area contributed by atoms with Crippen LogP contribution in [0.4, 0.5) is 27.6 Å². The van der Waals surface area contributed by atoms with Crippen LogP contribution in [0.3, 0.4) is 0 Å². The molecule has 0 fully saturated rings. The highest BCUT2D eigenvalue weighted by molar-refractivity contribution is 5.93. The van der Waals surface area contributed by atoms with Crippen molar-refractivity contribution < 1.29 is 31.5 Å². The van der Waals surface area contributed by atoms with E-state index >= 15 is 0 Å². The Hall–Kier alpha value is -2.37. The zero-order chi connectivity index (χ0) is 16.0. The van der Waals surface area contributed by atoms with Gasteiger partial charge in [-0.3, -0.25) is 4.79 Å². The first-order chi connectivity index (χ1) is 9.74. The maximum Gasteiger partial charge on any atom is 0.416 e. The fourth-order valence-electron chi connectivity index (χ4n) is 1.35. The zero-order valence-electron chi connectivity index (χ0n) is 10.4. The van der Waals surface area contributed by atoms with Gasteiger partial charge in [0.2, 0.25) is 5.91 Å². The number of nitrogens with zero attached hydrogens (tertiary/aromatic N) is 1. The van der Waals surface area contributed by atoms with Gasteiger partial charge in [0.1, 0.15) is 18.8 Å². The molecule has 0 bridgehead atoms. The Bertz CT molecular complexity index is 552. The summed E-state index contributed by atoms with van der Waals surface area (Å²) in [7, 11) is 0. The van der Waals surface area contributed by atoms with Crippen molar-refractivity contribution in [2.24, 2.45) is 0 Å². The molecule has 0 unspecified atom stereocenters. The van der Waals surface area contributed by atoms with Crippen molar-refractivity contribution in [1.29, 1.82) is 5.26 Å². The van der Waals surface area contributed by atoms with E-state index in [0.29, 0.717) is 12.1 Å². The summed E-state index contributed by atoms with van der Waals surface area (Å²) >= 11 is 0. The molecule has 0 saturated heterocycles. The van der Waals surface area contributed by atoms with E-state index in [1.54, 1.807) is 0 Å². The smallest absolute Gasteiger partial charge is 0.416 e. The average molecular weight is 308 g/mol. The van der Waals surface area contributed by atoms with Gasteiger partial charge in [0.05, 0.1) is 17.3 Å². The van der Waals surface area contributed by atoms with Crippen LogP contribution in [0.2, 0.25) is 0 Å². The van der Waals surface area contributed by atoms with Crippen molar-refractivity contribution in [1.82, 2.24) is 0 Å². The minimum atomic E-state index is -4.67. The lowest BCUT2D eigenvalue weighted by Crippen LogP contribution is -2.15. The van der Waals surface area contributed by atoms with Crippen LogP contribution in [0.15, 0.2) is 18.2 Å². The third-order valence-corrected chi connectivity index (χ3v) is 2.19. The SMILES string of the molecule is N#CCC(=O)Nc1cc(C(F)(F)F)ccc1OCC(F)F. The summed E-state index contributed by atoms with van der Waals surface area (Å²) in [6, 6.07) is 3.53. The van der Waals surface area contributed by atoms with E-state index < -0.39 is 42.8 Å². The molecule has 0 aromatic heterocycles. The minimum Gasteiger partial charge on any atom is -0.485 e. The van der Waals surface area contributed by atoms with Crippen molar-refractivity contribution in [3.8, 4) is 11.8 Å². The summed E-state index contributed by atoms with van der Waals surface area (Å²) in [4.78, 5) is 11.2. The average Bonchev–Trinajstić information content (AvgIpc) is 2.36. The molecule has 0 saturated carbocycles. The molecule has 0 atom stereocenters. The largest absolute Gasteiger partial charge is 0.485 e. The number of benzene rings is 1. The second-order valence-corrected chi connectivity index (χ2v) is 3.79. The Kier molecular flexibility index (Phi) is 5.46. The molecule has 114 valence electrons. The lowest BCUT2D eigenvalue weighted by Gasteiger charge is -2.14. The number of hydrogen-bond acceptors (Lipinski definition) is 3. The number of carbonyl (C=O) groups excluding carboxylic acids is 1. The molecule has 0 spiro atoms. The maximum absolute atomic E-state index is 12.6. The number of amides is 1. The van der Waals surface area contributed by atoms with Crippen molar-refractivity contribution >= 4 is 11.6 Å². The number of rotatable bonds is 5. The van der Waals surface area contributed by atoms with E-state index in [0.717, 1.165) is 6.07 Å². The highest BCUT2D eigenvalue weighted by Crippen LogP contribution is 2.35. The van der Waals surface area contributed by atoms with Gasteiger partial charge in [0.25, 0.3) is 6.43 Å². The lowest BCUT2D eigenvalue weighted by molar-refractivity contribution is -0.137. The van der Waals surface area contributed by atoms with Crippen LogP contribution in [0, 0.1) is 11.3 Å². The van der Waals surface area contributed by atoms with Crippen LogP contribution in [-0.2, 0) is 11.0 Å². The molecule has 9 heteroatoms. The number of ether oxygens (including phenoxy) is 1. The molecule has 4 nitrogen and oxygen atoms in total. The Morgan fingerprint density at radius 3 is 2.57 bits per heavy atom. The molecule has 0 aliphatic rings. The molecule has 1 amide bonds. The summed E-state index contributed by atoms with van der Waals surface area (Å²) in [6.07, 6.45) is -8.09. The lowest BCUT2D eigenvalue weighted by atomic mass is 10.1. The van der Waals surface area contributed by atoms with Crippen LogP contribution >= 0.6 is 0 Å². The molecule has 0 aliphatic heterocycles. The number of carbonyl (C=O) groups is 1. The third kappa shape index (κ3) is 5.25. The van der Waals surface area contributed by atoms with Gasteiger partial charge in [-0.05, 0) is 18.2 Å². The molecule has 0 aliphatic carbocycles. The molecule has 1 N–H and O–H groups in total. The van der Waals surface area contributed by atoms with Crippen LogP contribution in [0.5, 0.6) is 5.75 Å². The quantitative estimate of drug-likeness (QED) is 0.850. The number of nitriles is 1. The first kappa shape index (κ1) is 16.7. The predicted molar refractivity (Wildman–Crippen MR) is 61.8 cm³/mol. The van der Waals surface area contributed by atoms with Gasteiger partial charge < -0.3 is 10.1 Å². The fraction of sp³-hybridized carbons (Fsp3) is 0.333. The first-order valence-corrected chi connectivity index (χ1v) is 5.53. The van der Waals surface area contributed by atoms with E-state index in [1.165, 1.54) is 6.07 Å². The van der Waals surface area contributed by atoms with Gasteiger partial charge in [-0.15, -0.1) is 0 Å². The van der Waals surface area contributed by atoms with E-state index in [2.05, 4.69) is 4.74 Å². The highest BCUT2D eigenvalue weighted by atomic mass is 19.4. The van der Waals surface area contributed by atoms with Crippen LogP contribution in [0.25, 0.3) is 0 Å². The molecule has 21 heavy (non-hydrogen) atoms. The second-order valence-electron chi connectivity index (χ2n) is 3.79. The van der Waals surface area contributed by atoms with Crippen molar-refractivity contribution in [2.45, 2.75) is 19.0 Å². The van der Waals surface area contributed by atoms with Gasteiger partial charge in [-0.2, -0.15) is 18.4 Å². The van der Waals surface area contributed by atoms with Crippen molar-refractivity contribution in [2.75, 3.05) is 11.9 Å². The topological polar surface area (TPSA) is 62.1 Å². The van der Waals surface area contributed by atoms with Crippen LogP contribution < -0.4 is 10.1 Å². The van der Waals surface area contributed by atoms with Gasteiger partial charge in [-0.25, -0.2) is 8.78 Å². The summed E-state index contributed by atoms with van der Waals surface area (Å²) < 4.78 is 66.5. The predicted octanol–water partition coefficient (Wildman–Crippen LogP) is 3.20. The molecule has 0 radical (unpaired) electrons. The first-order valence-electron chi connectivity index (χ1n) is 5.53. The zero-order valence-corrected chi connectivity index (χ0v) is 10.4. The fourth-order valence-corrected chi connectivity index (χ4v) is 1.35. The minimum absolute atomic E-state index is 0.338. The van der Waals surface area contributed by atoms with E-state index in [-0.39, 0.29) is 5.75 Å². The number of hydrogen-bond donors (Lipinski definition) is 1. The van der Waals surface area contributed by atoms with Gasteiger partial charge in [0, 0.05) is 0 Å². The normalized spacial score (nSPS) is 11.1. The summed E-state index contributed by atoms with van der Waals surface area (Å²) in [5.74, 6) is -1.21. The Labute approximate surface area is 116 Å². The Balaban J connectivity index is 3.06. The molecule has 1 aromatic carbocycles.